The third kappa shape index (κ3) is 2.25. The number of nitro groups is 1. The van der Waals surface area contributed by atoms with Crippen molar-refractivity contribution in [3.8, 4) is 0 Å². The van der Waals surface area contributed by atoms with Crippen molar-refractivity contribution in [3.63, 3.8) is 0 Å². The summed E-state index contributed by atoms with van der Waals surface area (Å²) < 4.78 is 0. The molecule has 0 aromatic heterocycles. The number of nitrogens with zero attached hydrogens (tertiary/aromatic N) is 2. The lowest BCUT2D eigenvalue weighted by molar-refractivity contribution is -0.435. The maximum atomic E-state index is 11.9. The molecular weight excluding hydrogens is 262 g/mol. The Labute approximate surface area is 115 Å². The summed E-state index contributed by atoms with van der Waals surface area (Å²) in [7, 11) is 0. The maximum absolute atomic E-state index is 11.9. The number of rotatable bonds is 2. The Kier molecular flexibility index (Phi) is 3.51. The fourth-order valence-corrected chi connectivity index (χ4v) is 2.23. The van der Waals surface area contributed by atoms with Crippen molar-refractivity contribution in [2.75, 3.05) is 0 Å². The Morgan fingerprint density at radius 2 is 1.95 bits per heavy atom. The molecule has 0 saturated heterocycles. The van der Waals surface area contributed by atoms with E-state index in [0.29, 0.717) is 5.56 Å². The molecule has 1 aliphatic rings. The lowest BCUT2D eigenvalue weighted by Gasteiger charge is -2.32. The minimum Gasteiger partial charge on any atom is -0.305 e. The fourth-order valence-electron chi connectivity index (χ4n) is 2.23. The van der Waals surface area contributed by atoms with E-state index < -0.39 is 22.9 Å². The van der Waals surface area contributed by atoms with Crippen LogP contribution in [0.25, 0.3) is 0 Å². The summed E-state index contributed by atoms with van der Waals surface area (Å²) in [6, 6.07) is 6.78. The third-order valence-corrected chi connectivity index (χ3v) is 3.07. The van der Waals surface area contributed by atoms with E-state index in [1.165, 1.54) is 13.8 Å². The third-order valence-electron chi connectivity index (χ3n) is 3.07. The molecule has 0 radical (unpaired) electrons. The van der Waals surface area contributed by atoms with Gasteiger partial charge in [0.25, 0.3) is 5.70 Å². The highest BCUT2D eigenvalue weighted by Gasteiger charge is 2.43. The number of hydrogen-bond donors (Lipinski definition) is 1. The van der Waals surface area contributed by atoms with Crippen LogP contribution in [-0.4, -0.2) is 21.8 Å². The molecule has 7 heteroatoms. The predicted octanol–water partition coefficient (Wildman–Crippen LogP) is 1.81. The van der Waals surface area contributed by atoms with Gasteiger partial charge >= 0.3 is 6.03 Å². The Balaban J connectivity index is 2.64. The number of hydrogen-bond acceptors (Lipinski definition) is 4. The summed E-state index contributed by atoms with van der Waals surface area (Å²) in [4.78, 5) is 35.2. The Bertz CT molecular complexity index is 609. The molecule has 20 heavy (non-hydrogen) atoms. The number of urea groups is 1. The number of amides is 3. The second-order valence-corrected chi connectivity index (χ2v) is 4.40. The highest BCUT2D eigenvalue weighted by molar-refractivity contribution is 5.95. The van der Waals surface area contributed by atoms with Crippen LogP contribution < -0.4 is 5.32 Å². The first-order valence-electron chi connectivity index (χ1n) is 5.94. The molecule has 0 spiro atoms. The quantitative estimate of drug-likeness (QED) is 0.658. The minimum atomic E-state index is -1.02. The van der Waals surface area contributed by atoms with Gasteiger partial charge in [-0.1, -0.05) is 30.3 Å². The topological polar surface area (TPSA) is 92.6 Å². The number of benzene rings is 1. The van der Waals surface area contributed by atoms with E-state index in [0.717, 1.165) is 4.90 Å². The number of allylic oxidation sites excluding steroid dienone is 1. The molecule has 1 aromatic carbocycles. The molecule has 1 N–H and O–H groups in total. The van der Waals surface area contributed by atoms with E-state index in [2.05, 4.69) is 5.32 Å². The van der Waals surface area contributed by atoms with E-state index in [9.17, 15) is 19.7 Å². The second-order valence-electron chi connectivity index (χ2n) is 4.40. The first-order chi connectivity index (χ1) is 9.43. The van der Waals surface area contributed by atoms with Gasteiger partial charge in [0.2, 0.25) is 5.91 Å². The zero-order chi connectivity index (χ0) is 14.9. The standard InChI is InChI=1S/C13H13N3O4/c1-8-11(16(19)20)12(10-6-4-3-5-7-10)15(9(2)17)13(18)14-8/h3-7,12H,1-2H3,(H,14,18). The number of imide groups is 1. The van der Waals surface area contributed by atoms with E-state index in [1.807, 2.05) is 0 Å². The van der Waals surface area contributed by atoms with Gasteiger partial charge < -0.3 is 5.32 Å². The molecule has 3 amide bonds. The smallest absolute Gasteiger partial charge is 0.305 e. The van der Waals surface area contributed by atoms with E-state index in [4.69, 9.17) is 0 Å². The van der Waals surface area contributed by atoms with Crippen LogP contribution in [0.5, 0.6) is 0 Å². The number of carbonyl (C=O) groups is 2. The fraction of sp³-hybridized carbons (Fsp3) is 0.231. The lowest BCUT2D eigenvalue weighted by Crippen LogP contribution is -2.50. The van der Waals surface area contributed by atoms with Crippen LogP contribution in [-0.2, 0) is 4.79 Å². The highest BCUT2D eigenvalue weighted by Crippen LogP contribution is 2.33. The van der Waals surface area contributed by atoms with Gasteiger partial charge in [0, 0.05) is 6.92 Å². The van der Waals surface area contributed by atoms with Crippen molar-refractivity contribution < 1.29 is 14.5 Å². The molecular formula is C13H13N3O4. The van der Waals surface area contributed by atoms with Crippen molar-refractivity contribution in [1.29, 1.82) is 0 Å². The lowest BCUT2D eigenvalue weighted by atomic mass is 9.99. The summed E-state index contributed by atoms with van der Waals surface area (Å²) in [5.74, 6) is -0.553. The Morgan fingerprint density at radius 3 is 2.45 bits per heavy atom. The van der Waals surface area contributed by atoms with Crippen LogP contribution in [0.4, 0.5) is 4.79 Å². The molecule has 0 aliphatic carbocycles. The molecule has 1 unspecified atom stereocenters. The van der Waals surface area contributed by atoms with Gasteiger partial charge in [0.05, 0.1) is 10.6 Å². The highest BCUT2D eigenvalue weighted by atomic mass is 16.6. The Hall–Kier alpha value is -2.70. The molecule has 7 nitrogen and oxygen atoms in total. The van der Waals surface area contributed by atoms with Crippen LogP contribution >= 0.6 is 0 Å². The summed E-state index contributed by atoms with van der Waals surface area (Å²) in [6.45, 7) is 2.65. The zero-order valence-electron chi connectivity index (χ0n) is 11.0. The van der Waals surface area contributed by atoms with Gasteiger partial charge in [0.15, 0.2) is 6.04 Å². The van der Waals surface area contributed by atoms with E-state index in [-0.39, 0.29) is 11.4 Å². The van der Waals surface area contributed by atoms with Crippen LogP contribution in [0.2, 0.25) is 0 Å². The molecule has 0 saturated carbocycles. The number of nitrogens with one attached hydrogen (secondary N) is 1. The second kappa shape index (κ2) is 5.12. The molecule has 0 bridgehead atoms. The summed E-state index contributed by atoms with van der Waals surface area (Å²) in [5, 5.41) is 13.6. The van der Waals surface area contributed by atoms with Crippen LogP contribution in [0.15, 0.2) is 41.7 Å². The van der Waals surface area contributed by atoms with Gasteiger partial charge in [-0.25, -0.2) is 9.69 Å². The van der Waals surface area contributed by atoms with Crippen molar-refractivity contribution in [3.05, 3.63) is 57.4 Å². The number of carbonyl (C=O) groups excluding carboxylic acids is 2. The first-order valence-corrected chi connectivity index (χ1v) is 5.94. The molecule has 1 aliphatic heterocycles. The zero-order valence-corrected chi connectivity index (χ0v) is 11.0. The normalized spacial score (nSPS) is 18.8. The maximum Gasteiger partial charge on any atom is 0.329 e. The Morgan fingerprint density at radius 1 is 1.35 bits per heavy atom. The predicted molar refractivity (Wildman–Crippen MR) is 69.9 cm³/mol. The molecule has 1 heterocycles. The minimum absolute atomic E-state index is 0.145. The molecule has 1 aromatic rings. The monoisotopic (exact) mass is 275 g/mol. The van der Waals surface area contributed by atoms with Crippen LogP contribution in [0, 0.1) is 10.1 Å². The van der Waals surface area contributed by atoms with Crippen molar-refractivity contribution in [2.24, 2.45) is 0 Å². The summed E-state index contributed by atoms with van der Waals surface area (Å²) in [6.07, 6.45) is 0. The molecule has 1 atom stereocenters. The molecule has 104 valence electrons. The average Bonchev–Trinajstić information content (AvgIpc) is 2.37. The van der Waals surface area contributed by atoms with Gasteiger partial charge in [-0.05, 0) is 12.5 Å². The van der Waals surface area contributed by atoms with Crippen molar-refractivity contribution in [1.82, 2.24) is 10.2 Å². The largest absolute Gasteiger partial charge is 0.329 e. The van der Waals surface area contributed by atoms with Crippen LogP contribution in [0.1, 0.15) is 25.5 Å². The molecule has 0 fully saturated rings. The van der Waals surface area contributed by atoms with Gasteiger partial charge in [-0.3, -0.25) is 14.9 Å². The summed E-state index contributed by atoms with van der Waals surface area (Å²) in [5.41, 5.74) is 0.459. The van der Waals surface area contributed by atoms with Crippen LogP contribution in [0.3, 0.4) is 0 Å². The SMILES string of the molecule is CC(=O)N1C(=O)NC(C)=C([N+](=O)[O-])C1c1ccccc1. The van der Waals surface area contributed by atoms with Crippen molar-refractivity contribution in [2.45, 2.75) is 19.9 Å². The average molecular weight is 275 g/mol. The van der Waals surface area contributed by atoms with Gasteiger partial charge in [0.1, 0.15) is 0 Å². The van der Waals surface area contributed by atoms with Gasteiger partial charge in [-0.2, -0.15) is 0 Å². The first kappa shape index (κ1) is 13.7. The van der Waals surface area contributed by atoms with Gasteiger partial charge in [-0.15, -0.1) is 0 Å². The molecule has 2 rings (SSSR count). The van der Waals surface area contributed by atoms with E-state index in [1.54, 1.807) is 30.3 Å². The van der Waals surface area contributed by atoms with E-state index >= 15 is 0 Å². The summed E-state index contributed by atoms with van der Waals surface area (Å²) >= 11 is 0. The van der Waals surface area contributed by atoms with Crippen molar-refractivity contribution >= 4 is 11.9 Å².